The first kappa shape index (κ1) is 25.2. The molecule has 3 aromatic carbocycles. The molecule has 2 amide bonds. The average molecular weight is 531 g/mol. The fourth-order valence-electron chi connectivity index (χ4n) is 5.54. The van der Waals surface area contributed by atoms with E-state index in [0.29, 0.717) is 34.9 Å². The molecule has 0 spiro atoms. The third kappa shape index (κ3) is 5.15. The zero-order chi connectivity index (χ0) is 26.9. The highest BCUT2D eigenvalue weighted by Crippen LogP contribution is 2.47. The molecule has 202 valence electrons. The maximum atomic E-state index is 12.9. The number of rotatable bonds is 7. The summed E-state index contributed by atoms with van der Waals surface area (Å²) in [6.45, 7) is 1.87. The van der Waals surface area contributed by atoms with Gasteiger partial charge in [-0.15, -0.1) is 0 Å². The number of hydrogen-bond donors (Lipinski definition) is 3. The fraction of sp³-hybridized carbons (Fsp3) is 0.333. The predicted molar refractivity (Wildman–Crippen MR) is 142 cm³/mol. The van der Waals surface area contributed by atoms with Crippen LogP contribution in [-0.2, 0) is 9.53 Å². The van der Waals surface area contributed by atoms with Crippen LogP contribution in [0.3, 0.4) is 0 Å². The van der Waals surface area contributed by atoms with Gasteiger partial charge in [-0.05, 0) is 55.3 Å². The van der Waals surface area contributed by atoms with E-state index in [2.05, 4.69) is 10.6 Å². The summed E-state index contributed by atoms with van der Waals surface area (Å²) in [6.07, 6.45) is -0.583. The van der Waals surface area contributed by atoms with Gasteiger partial charge in [0.05, 0.1) is 25.2 Å². The molecule has 0 aliphatic carbocycles. The Kier molecular flexibility index (Phi) is 6.85. The minimum Gasteiger partial charge on any atom is -0.487 e. The van der Waals surface area contributed by atoms with Crippen molar-refractivity contribution in [1.82, 2.24) is 5.32 Å². The number of carbonyl (C=O) groups is 2. The summed E-state index contributed by atoms with van der Waals surface area (Å²) in [5.41, 5.74) is 3.03. The molecule has 5 atom stereocenters. The van der Waals surface area contributed by atoms with E-state index in [0.717, 1.165) is 11.1 Å². The number of anilines is 1. The van der Waals surface area contributed by atoms with Crippen LogP contribution in [0.25, 0.3) is 0 Å². The highest BCUT2D eigenvalue weighted by molar-refractivity contribution is 6.04. The van der Waals surface area contributed by atoms with E-state index < -0.39 is 6.10 Å². The van der Waals surface area contributed by atoms with Gasteiger partial charge >= 0.3 is 0 Å². The third-order valence-electron chi connectivity index (χ3n) is 7.48. The smallest absolute Gasteiger partial charge is 0.255 e. The highest BCUT2D eigenvalue weighted by Gasteiger charge is 2.46. The Labute approximate surface area is 226 Å². The zero-order valence-electron chi connectivity index (χ0n) is 21.5. The van der Waals surface area contributed by atoms with E-state index in [4.69, 9.17) is 18.9 Å². The molecule has 9 heteroatoms. The molecule has 39 heavy (non-hydrogen) atoms. The molecule has 9 nitrogen and oxygen atoms in total. The quantitative estimate of drug-likeness (QED) is 0.424. The molecule has 0 unspecified atom stereocenters. The molecule has 1 fully saturated rings. The standard InChI is InChI=1S/C30H30N2O7/c1-17(18-5-3-2-4-6-18)31-28(34)14-21-13-23-22-12-20(8-10-24(22)39-29(23)27(15-33)38-21)32-30(35)19-7-9-25-26(11-19)37-16-36-25/h2-12,17,21,23,27,29,33H,13-16H2,1H3,(H,31,34)(H,32,35)/t17-,21+,23+,27+,29-/m1/s1. The van der Waals surface area contributed by atoms with Crippen LogP contribution in [0.4, 0.5) is 5.69 Å². The zero-order valence-corrected chi connectivity index (χ0v) is 21.5. The first-order valence-corrected chi connectivity index (χ1v) is 13.1. The van der Waals surface area contributed by atoms with Crippen molar-refractivity contribution in [3.8, 4) is 17.2 Å². The van der Waals surface area contributed by atoms with Crippen molar-refractivity contribution in [3.63, 3.8) is 0 Å². The first-order valence-electron chi connectivity index (χ1n) is 13.1. The Morgan fingerprint density at radius 1 is 1.00 bits per heavy atom. The van der Waals surface area contributed by atoms with Crippen molar-refractivity contribution in [2.24, 2.45) is 0 Å². The molecular weight excluding hydrogens is 500 g/mol. The number of nitrogens with one attached hydrogen (secondary N) is 2. The van der Waals surface area contributed by atoms with Crippen LogP contribution in [-0.4, -0.2) is 48.6 Å². The predicted octanol–water partition coefficient (Wildman–Crippen LogP) is 3.93. The first-order chi connectivity index (χ1) is 19.0. The molecule has 3 heterocycles. The van der Waals surface area contributed by atoms with Gasteiger partial charge in [-0.25, -0.2) is 0 Å². The normalized spacial score (nSPS) is 23.2. The van der Waals surface area contributed by atoms with Crippen molar-refractivity contribution in [1.29, 1.82) is 0 Å². The maximum absolute atomic E-state index is 12.9. The van der Waals surface area contributed by atoms with Crippen LogP contribution in [0.15, 0.2) is 66.7 Å². The van der Waals surface area contributed by atoms with E-state index in [9.17, 15) is 14.7 Å². The molecule has 3 aliphatic rings. The molecule has 3 aromatic rings. The molecule has 1 saturated heterocycles. The van der Waals surface area contributed by atoms with E-state index in [1.807, 2.05) is 49.4 Å². The summed E-state index contributed by atoms with van der Waals surface area (Å²) in [5.74, 6) is 1.37. The Hall–Kier alpha value is -4.08. The Morgan fingerprint density at radius 2 is 1.79 bits per heavy atom. The molecular formula is C30H30N2O7. The minimum absolute atomic E-state index is 0.0855. The van der Waals surface area contributed by atoms with Crippen LogP contribution in [0.2, 0.25) is 0 Å². The van der Waals surface area contributed by atoms with Crippen LogP contribution in [0.1, 0.15) is 53.2 Å². The second kappa shape index (κ2) is 10.6. The van der Waals surface area contributed by atoms with Crippen molar-refractivity contribution in [2.75, 3.05) is 18.7 Å². The van der Waals surface area contributed by atoms with E-state index in [1.54, 1.807) is 24.3 Å². The van der Waals surface area contributed by atoms with E-state index in [-0.39, 0.29) is 55.8 Å². The molecule has 0 radical (unpaired) electrons. The molecule has 6 rings (SSSR count). The van der Waals surface area contributed by atoms with Crippen molar-refractivity contribution in [2.45, 2.75) is 50.0 Å². The average Bonchev–Trinajstić information content (AvgIpc) is 3.57. The number of fused-ring (bicyclic) bond motifs is 4. The largest absolute Gasteiger partial charge is 0.487 e. The van der Waals surface area contributed by atoms with Crippen molar-refractivity contribution < 1.29 is 33.6 Å². The molecule has 3 N–H and O–H groups in total. The lowest BCUT2D eigenvalue weighted by atomic mass is 9.84. The highest BCUT2D eigenvalue weighted by atomic mass is 16.7. The molecule has 0 bridgehead atoms. The van der Waals surface area contributed by atoms with E-state index >= 15 is 0 Å². The van der Waals surface area contributed by atoms with Crippen LogP contribution < -0.4 is 24.8 Å². The van der Waals surface area contributed by atoms with Gasteiger partial charge in [0.1, 0.15) is 18.0 Å². The van der Waals surface area contributed by atoms with Gasteiger partial charge in [0, 0.05) is 22.7 Å². The maximum Gasteiger partial charge on any atom is 0.255 e. The second-order valence-corrected chi connectivity index (χ2v) is 10.1. The Bertz CT molecular complexity index is 1380. The lowest BCUT2D eigenvalue weighted by molar-refractivity contribution is -0.142. The summed E-state index contributed by atoms with van der Waals surface area (Å²) < 4.78 is 23.0. The monoisotopic (exact) mass is 530 g/mol. The van der Waals surface area contributed by atoms with Crippen molar-refractivity contribution >= 4 is 17.5 Å². The van der Waals surface area contributed by atoms with Gasteiger partial charge < -0.3 is 34.7 Å². The Morgan fingerprint density at radius 3 is 2.62 bits per heavy atom. The van der Waals surface area contributed by atoms with Crippen LogP contribution >= 0.6 is 0 Å². The SMILES string of the molecule is C[C@@H](NC(=O)C[C@@H]1C[C@H]2c3cc(NC(=O)c4ccc5c(c4)OCO5)ccc3O[C@H]2[C@H](CO)O1)c1ccccc1. The summed E-state index contributed by atoms with van der Waals surface area (Å²) in [7, 11) is 0. The van der Waals surface area contributed by atoms with Crippen LogP contribution in [0.5, 0.6) is 17.2 Å². The van der Waals surface area contributed by atoms with Gasteiger partial charge in [-0.2, -0.15) is 0 Å². The van der Waals surface area contributed by atoms with Crippen molar-refractivity contribution in [3.05, 3.63) is 83.4 Å². The minimum atomic E-state index is -0.563. The van der Waals surface area contributed by atoms with Crippen LogP contribution in [0, 0.1) is 0 Å². The number of ether oxygens (including phenoxy) is 4. The third-order valence-corrected chi connectivity index (χ3v) is 7.48. The number of benzene rings is 3. The molecule has 0 saturated carbocycles. The summed E-state index contributed by atoms with van der Waals surface area (Å²) in [6, 6.07) is 20.2. The fourth-order valence-corrected chi connectivity index (χ4v) is 5.54. The summed E-state index contributed by atoms with van der Waals surface area (Å²) in [5, 5.41) is 16.0. The van der Waals surface area contributed by atoms with Gasteiger partial charge in [0.15, 0.2) is 11.5 Å². The van der Waals surface area contributed by atoms with E-state index in [1.165, 1.54) is 0 Å². The topological polar surface area (TPSA) is 115 Å². The summed E-state index contributed by atoms with van der Waals surface area (Å²) >= 11 is 0. The van der Waals surface area contributed by atoms with Gasteiger partial charge in [-0.1, -0.05) is 30.3 Å². The number of aliphatic hydroxyl groups excluding tert-OH is 1. The molecule has 0 aromatic heterocycles. The number of amides is 2. The van der Waals surface area contributed by atoms with Gasteiger partial charge in [0.25, 0.3) is 5.91 Å². The second-order valence-electron chi connectivity index (χ2n) is 10.1. The Balaban J connectivity index is 1.14. The lowest BCUT2D eigenvalue weighted by Crippen LogP contribution is -2.47. The summed E-state index contributed by atoms with van der Waals surface area (Å²) in [4.78, 5) is 25.8. The van der Waals surface area contributed by atoms with Gasteiger partial charge in [0.2, 0.25) is 12.7 Å². The lowest BCUT2D eigenvalue weighted by Gasteiger charge is -2.37. The number of carbonyl (C=O) groups excluding carboxylic acids is 2. The number of hydrogen-bond acceptors (Lipinski definition) is 7. The molecule has 3 aliphatic heterocycles. The van der Waals surface area contributed by atoms with Gasteiger partial charge in [-0.3, -0.25) is 9.59 Å². The number of aliphatic hydroxyl groups is 1.